The number of nitrogens with zero attached hydrogens (tertiary/aromatic N) is 2. The third-order valence-electron chi connectivity index (χ3n) is 3.61. The van der Waals surface area contributed by atoms with Crippen LogP contribution in [0, 0.1) is 11.3 Å². The highest BCUT2D eigenvalue weighted by atomic mass is 16.5. The number of ether oxygens (including phenoxy) is 1. The second kappa shape index (κ2) is 7.81. The smallest absolute Gasteiger partial charge is 0.257 e. The van der Waals surface area contributed by atoms with Crippen molar-refractivity contribution in [2.24, 2.45) is 0 Å². The number of nitriles is 1. The van der Waals surface area contributed by atoms with Gasteiger partial charge in [-0.15, -0.1) is 0 Å². The number of aromatic nitrogens is 1. The van der Waals surface area contributed by atoms with Crippen LogP contribution >= 0.6 is 0 Å². The summed E-state index contributed by atoms with van der Waals surface area (Å²) in [5.74, 6) is 0.427. The molecule has 1 amide bonds. The lowest BCUT2D eigenvalue weighted by Crippen LogP contribution is -2.12. The molecular weight excluding hydrogens is 328 g/mol. The van der Waals surface area contributed by atoms with Crippen LogP contribution in [-0.4, -0.2) is 18.0 Å². The van der Waals surface area contributed by atoms with E-state index >= 15 is 0 Å². The molecular formula is C20H16N4O2. The van der Waals surface area contributed by atoms with Gasteiger partial charge in [0.05, 0.1) is 36.2 Å². The van der Waals surface area contributed by atoms with Gasteiger partial charge in [0.2, 0.25) is 0 Å². The van der Waals surface area contributed by atoms with Crippen LogP contribution in [0.25, 0.3) is 0 Å². The largest absolute Gasteiger partial charge is 0.497 e. The molecule has 0 saturated carbocycles. The summed E-state index contributed by atoms with van der Waals surface area (Å²) >= 11 is 0. The molecule has 3 aromatic rings. The predicted molar refractivity (Wildman–Crippen MR) is 99.6 cm³/mol. The summed E-state index contributed by atoms with van der Waals surface area (Å²) in [6, 6.07) is 17.9. The molecule has 6 nitrogen and oxygen atoms in total. The summed E-state index contributed by atoms with van der Waals surface area (Å²) < 4.78 is 5.20. The van der Waals surface area contributed by atoms with E-state index in [1.807, 2.05) is 30.3 Å². The van der Waals surface area contributed by atoms with Gasteiger partial charge in [-0.1, -0.05) is 12.1 Å². The second-order valence-electron chi connectivity index (χ2n) is 5.47. The first-order valence-corrected chi connectivity index (χ1v) is 7.85. The maximum atomic E-state index is 12.4. The molecule has 1 heterocycles. The number of hydrogen-bond acceptors (Lipinski definition) is 5. The summed E-state index contributed by atoms with van der Waals surface area (Å²) in [6.45, 7) is 0. The minimum Gasteiger partial charge on any atom is -0.497 e. The first-order valence-electron chi connectivity index (χ1n) is 7.85. The second-order valence-corrected chi connectivity index (χ2v) is 5.47. The lowest BCUT2D eigenvalue weighted by atomic mass is 10.2. The van der Waals surface area contributed by atoms with Gasteiger partial charge in [0.15, 0.2) is 0 Å². The fraction of sp³-hybridized carbons (Fsp3) is 0.0500. The zero-order chi connectivity index (χ0) is 18.4. The van der Waals surface area contributed by atoms with E-state index in [0.29, 0.717) is 22.5 Å². The third-order valence-corrected chi connectivity index (χ3v) is 3.61. The van der Waals surface area contributed by atoms with E-state index in [9.17, 15) is 4.79 Å². The van der Waals surface area contributed by atoms with E-state index in [1.165, 1.54) is 6.20 Å². The van der Waals surface area contributed by atoms with E-state index in [0.717, 1.165) is 11.4 Å². The Bertz CT molecular complexity index is 979. The molecule has 128 valence electrons. The maximum Gasteiger partial charge on any atom is 0.257 e. The summed E-state index contributed by atoms with van der Waals surface area (Å²) in [7, 11) is 1.60. The average molecular weight is 344 g/mol. The van der Waals surface area contributed by atoms with Gasteiger partial charge in [0.25, 0.3) is 5.91 Å². The molecule has 0 aliphatic heterocycles. The van der Waals surface area contributed by atoms with E-state index in [-0.39, 0.29) is 5.91 Å². The highest BCUT2D eigenvalue weighted by molar-refractivity contribution is 6.04. The number of carbonyl (C=O) groups is 1. The topological polar surface area (TPSA) is 87.0 Å². The van der Waals surface area contributed by atoms with Crippen LogP contribution in [0.4, 0.5) is 17.1 Å². The third kappa shape index (κ3) is 4.16. The van der Waals surface area contributed by atoms with Crippen molar-refractivity contribution in [3.8, 4) is 11.8 Å². The standard InChI is InChI=1S/C20H16N4O2/c1-26-19-7-3-6-17(10-19)23-18-9-15(12-22-13-18)20(25)24-16-5-2-4-14(8-16)11-21/h2-10,12-13,23H,1H3,(H,24,25). The van der Waals surface area contributed by atoms with Crippen molar-refractivity contribution in [1.82, 2.24) is 4.98 Å². The first-order chi connectivity index (χ1) is 12.7. The van der Waals surface area contributed by atoms with Crippen molar-refractivity contribution in [3.05, 3.63) is 78.1 Å². The van der Waals surface area contributed by atoms with Gasteiger partial charge in [-0.25, -0.2) is 0 Å². The van der Waals surface area contributed by atoms with Crippen LogP contribution in [-0.2, 0) is 0 Å². The molecule has 0 aliphatic rings. The van der Waals surface area contributed by atoms with E-state index in [1.54, 1.807) is 43.6 Å². The Morgan fingerprint density at radius 2 is 1.85 bits per heavy atom. The van der Waals surface area contributed by atoms with Crippen LogP contribution in [0.2, 0.25) is 0 Å². The molecule has 2 N–H and O–H groups in total. The number of hydrogen-bond donors (Lipinski definition) is 2. The van der Waals surface area contributed by atoms with Gasteiger partial charge in [0, 0.05) is 23.6 Å². The SMILES string of the molecule is COc1cccc(Nc2cncc(C(=O)Nc3cccc(C#N)c3)c2)c1. The number of carbonyl (C=O) groups excluding carboxylic acids is 1. The molecule has 0 atom stereocenters. The van der Waals surface area contributed by atoms with Crippen molar-refractivity contribution < 1.29 is 9.53 Å². The molecule has 3 rings (SSSR count). The molecule has 0 radical (unpaired) electrons. The Kier molecular flexibility index (Phi) is 5.11. The minimum atomic E-state index is -0.304. The van der Waals surface area contributed by atoms with Crippen molar-refractivity contribution >= 4 is 23.0 Å². The zero-order valence-corrected chi connectivity index (χ0v) is 14.1. The van der Waals surface area contributed by atoms with Crippen LogP contribution < -0.4 is 15.4 Å². The molecule has 0 bridgehead atoms. The Hall–Kier alpha value is -3.85. The van der Waals surface area contributed by atoms with Gasteiger partial charge in [-0.3, -0.25) is 9.78 Å². The molecule has 6 heteroatoms. The number of amides is 1. The number of rotatable bonds is 5. The summed E-state index contributed by atoms with van der Waals surface area (Å²) in [4.78, 5) is 16.5. The molecule has 0 spiro atoms. The van der Waals surface area contributed by atoms with Crippen molar-refractivity contribution in [3.63, 3.8) is 0 Å². The quantitative estimate of drug-likeness (QED) is 0.731. The fourth-order valence-corrected chi connectivity index (χ4v) is 2.37. The molecule has 0 unspecified atom stereocenters. The lowest BCUT2D eigenvalue weighted by Gasteiger charge is -2.10. The molecule has 2 aromatic carbocycles. The van der Waals surface area contributed by atoms with Gasteiger partial charge < -0.3 is 15.4 Å². The first kappa shape index (κ1) is 17.0. The van der Waals surface area contributed by atoms with Gasteiger partial charge in [-0.05, 0) is 36.4 Å². The highest BCUT2D eigenvalue weighted by Gasteiger charge is 2.08. The van der Waals surface area contributed by atoms with E-state index in [4.69, 9.17) is 10.00 Å². The van der Waals surface area contributed by atoms with Crippen LogP contribution in [0.1, 0.15) is 15.9 Å². The molecule has 1 aromatic heterocycles. The fourth-order valence-electron chi connectivity index (χ4n) is 2.37. The summed E-state index contributed by atoms with van der Waals surface area (Å²) in [5, 5.41) is 14.9. The zero-order valence-electron chi connectivity index (χ0n) is 14.1. The summed E-state index contributed by atoms with van der Waals surface area (Å²) in [6.07, 6.45) is 3.12. The maximum absolute atomic E-state index is 12.4. The molecule has 0 aliphatic carbocycles. The minimum absolute atomic E-state index is 0.304. The van der Waals surface area contributed by atoms with Crippen molar-refractivity contribution in [2.75, 3.05) is 17.7 Å². The van der Waals surface area contributed by atoms with Crippen LogP contribution in [0.3, 0.4) is 0 Å². The van der Waals surface area contributed by atoms with Gasteiger partial charge in [-0.2, -0.15) is 5.26 Å². The number of nitrogens with one attached hydrogen (secondary N) is 2. The van der Waals surface area contributed by atoms with E-state index < -0.39 is 0 Å². The number of anilines is 3. The van der Waals surface area contributed by atoms with Crippen LogP contribution in [0.15, 0.2) is 67.0 Å². The van der Waals surface area contributed by atoms with Crippen molar-refractivity contribution in [2.45, 2.75) is 0 Å². The van der Waals surface area contributed by atoms with E-state index in [2.05, 4.69) is 15.6 Å². The highest BCUT2D eigenvalue weighted by Crippen LogP contribution is 2.21. The number of pyridine rings is 1. The molecule has 0 saturated heterocycles. The number of methoxy groups -OCH3 is 1. The van der Waals surface area contributed by atoms with Crippen LogP contribution in [0.5, 0.6) is 5.75 Å². The monoisotopic (exact) mass is 344 g/mol. The van der Waals surface area contributed by atoms with Crippen molar-refractivity contribution in [1.29, 1.82) is 5.26 Å². The van der Waals surface area contributed by atoms with Gasteiger partial charge in [0.1, 0.15) is 5.75 Å². The lowest BCUT2D eigenvalue weighted by molar-refractivity contribution is 0.102. The normalized spacial score (nSPS) is 9.85. The Morgan fingerprint density at radius 3 is 2.65 bits per heavy atom. The Morgan fingerprint density at radius 1 is 1.04 bits per heavy atom. The summed E-state index contributed by atoms with van der Waals surface area (Å²) in [5.41, 5.74) is 2.94. The predicted octanol–water partition coefficient (Wildman–Crippen LogP) is 3.96. The Balaban J connectivity index is 1.75. The van der Waals surface area contributed by atoms with Gasteiger partial charge >= 0.3 is 0 Å². The average Bonchev–Trinajstić information content (AvgIpc) is 2.68. The molecule has 26 heavy (non-hydrogen) atoms. The Labute approximate surface area is 151 Å². The molecule has 0 fully saturated rings. The number of benzene rings is 2.